The van der Waals surface area contributed by atoms with E-state index in [4.69, 9.17) is 18.9 Å². The molecule has 1 unspecified atom stereocenters. The number of carbonyl (C=O) groups is 1. The number of methoxy groups -OCH3 is 4. The summed E-state index contributed by atoms with van der Waals surface area (Å²) < 4.78 is 21.9. The second-order valence-corrected chi connectivity index (χ2v) is 8.36. The Morgan fingerprint density at radius 3 is 2.00 bits per heavy atom. The smallest absolute Gasteiger partial charge is 0.237 e. The van der Waals surface area contributed by atoms with Crippen LogP contribution in [0.4, 0.5) is 5.69 Å². The summed E-state index contributed by atoms with van der Waals surface area (Å²) in [5, 5.41) is 2.19. The topological polar surface area (TPSA) is 57.2 Å². The van der Waals surface area contributed by atoms with E-state index in [0.717, 1.165) is 27.6 Å². The third kappa shape index (κ3) is 3.71. The molecule has 0 radical (unpaired) electrons. The van der Waals surface area contributed by atoms with Crippen LogP contribution >= 0.6 is 0 Å². The van der Waals surface area contributed by atoms with E-state index in [1.165, 1.54) is 0 Å². The van der Waals surface area contributed by atoms with Crippen molar-refractivity contribution < 1.29 is 23.7 Å². The fourth-order valence-corrected chi connectivity index (χ4v) is 4.95. The van der Waals surface area contributed by atoms with Crippen molar-refractivity contribution in [3.8, 4) is 23.0 Å². The molecule has 0 aromatic heterocycles. The van der Waals surface area contributed by atoms with Crippen molar-refractivity contribution in [3.05, 3.63) is 90.0 Å². The molecule has 0 N–H and O–H groups in total. The molecule has 1 aliphatic heterocycles. The number of benzene rings is 4. The van der Waals surface area contributed by atoms with Crippen LogP contribution in [0.5, 0.6) is 23.0 Å². The molecule has 1 amide bonds. The number of anilines is 1. The Labute approximate surface area is 204 Å². The molecular weight excluding hydrogens is 442 g/mol. The number of hydrogen-bond acceptors (Lipinski definition) is 5. The van der Waals surface area contributed by atoms with Crippen LogP contribution in [-0.4, -0.2) is 34.3 Å². The van der Waals surface area contributed by atoms with Gasteiger partial charge >= 0.3 is 0 Å². The third-order valence-electron chi connectivity index (χ3n) is 6.64. The maximum atomic E-state index is 13.9. The molecule has 6 nitrogen and oxygen atoms in total. The highest BCUT2D eigenvalue weighted by atomic mass is 16.5. The highest BCUT2D eigenvalue weighted by molar-refractivity contribution is 6.09. The van der Waals surface area contributed by atoms with Gasteiger partial charge in [-0.2, -0.15) is 0 Å². The third-order valence-corrected chi connectivity index (χ3v) is 6.64. The van der Waals surface area contributed by atoms with E-state index in [-0.39, 0.29) is 17.9 Å². The summed E-state index contributed by atoms with van der Waals surface area (Å²) in [6.07, 6.45) is 0. The van der Waals surface area contributed by atoms with Crippen LogP contribution in [0.15, 0.2) is 78.9 Å². The Morgan fingerprint density at radius 1 is 0.714 bits per heavy atom. The first-order valence-corrected chi connectivity index (χ1v) is 11.4. The molecule has 4 aromatic carbocycles. The van der Waals surface area contributed by atoms with Gasteiger partial charge in [0.15, 0.2) is 11.5 Å². The summed E-state index contributed by atoms with van der Waals surface area (Å²) >= 11 is 0. The first-order valence-electron chi connectivity index (χ1n) is 11.4. The molecule has 0 saturated carbocycles. The van der Waals surface area contributed by atoms with Gasteiger partial charge < -0.3 is 23.8 Å². The summed E-state index contributed by atoms with van der Waals surface area (Å²) in [6.45, 7) is 0. The summed E-state index contributed by atoms with van der Waals surface area (Å²) in [7, 11) is 6.34. The molecule has 5 rings (SSSR count). The highest BCUT2D eigenvalue weighted by Gasteiger charge is 2.50. The maximum Gasteiger partial charge on any atom is 0.237 e. The van der Waals surface area contributed by atoms with Crippen LogP contribution in [-0.2, 0) is 4.79 Å². The van der Waals surface area contributed by atoms with Gasteiger partial charge in [-0.15, -0.1) is 0 Å². The van der Waals surface area contributed by atoms with Gasteiger partial charge in [0.05, 0.1) is 46.1 Å². The van der Waals surface area contributed by atoms with Gasteiger partial charge in [0.25, 0.3) is 0 Å². The lowest BCUT2D eigenvalue weighted by atomic mass is 9.76. The van der Waals surface area contributed by atoms with Crippen molar-refractivity contribution in [1.29, 1.82) is 0 Å². The van der Waals surface area contributed by atoms with E-state index < -0.39 is 0 Å². The molecule has 1 saturated heterocycles. The molecule has 0 spiro atoms. The Hall–Kier alpha value is -4.19. The molecule has 0 aliphatic carbocycles. The zero-order valence-corrected chi connectivity index (χ0v) is 20.1. The van der Waals surface area contributed by atoms with E-state index in [1.807, 2.05) is 60.7 Å². The van der Waals surface area contributed by atoms with E-state index in [0.29, 0.717) is 22.9 Å². The minimum absolute atomic E-state index is 0.0106. The fraction of sp³-hybridized carbons (Fsp3) is 0.207. The zero-order valence-electron chi connectivity index (χ0n) is 20.1. The lowest BCUT2D eigenvalue weighted by molar-refractivity contribution is -0.126. The van der Waals surface area contributed by atoms with Gasteiger partial charge in [0.2, 0.25) is 11.7 Å². The summed E-state index contributed by atoms with van der Waals surface area (Å²) in [6, 6.07) is 25.6. The largest absolute Gasteiger partial charge is 0.497 e. The summed E-state index contributed by atoms with van der Waals surface area (Å²) in [4.78, 5) is 15.7. The zero-order chi connectivity index (χ0) is 24.5. The second kappa shape index (κ2) is 9.22. The van der Waals surface area contributed by atoms with Crippen LogP contribution in [0.25, 0.3) is 10.8 Å². The molecule has 35 heavy (non-hydrogen) atoms. The monoisotopic (exact) mass is 469 g/mol. The lowest BCUT2D eigenvalue weighted by Crippen LogP contribution is -2.53. The number of rotatable bonds is 7. The van der Waals surface area contributed by atoms with Crippen molar-refractivity contribution in [2.45, 2.75) is 12.0 Å². The van der Waals surface area contributed by atoms with Gasteiger partial charge in [-0.25, -0.2) is 0 Å². The molecule has 1 heterocycles. The standard InChI is InChI=1S/C29H27NO5/c1-32-21-14-12-19(13-15-21)27-26(23-11-7-9-18-8-5-6-10-22(18)23)29(31)30(27)20-16-24(33-2)28(35-4)25(17-20)34-3/h5-17,26-27H,1-4H3/t26?,27-/m1/s1. The Kier molecular flexibility index (Phi) is 5.95. The number of carbonyl (C=O) groups excluding carboxylic acids is 1. The van der Waals surface area contributed by atoms with Crippen molar-refractivity contribution in [2.75, 3.05) is 33.3 Å². The molecular formula is C29H27NO5. The molecule has 1 fully saturated rings. The van der Waals surface area contributed by atoms with Crippen LogP contribution in [0.1, 0.15) is 23.1 Å². The van der Waals surface area contributed by atoms with Gasteiger partial charge in [-0.05, 0) is 34.0 Å². The first kappa shape index (κ1) is 22.6. The Morgan fingerprint density at radius 2 is 1.37 bits per heavy atom. The number of amides is 1. The van der Waals surface area contributed by atoms with Gasteiger partial charge in [0.1, 0.15) is 5.75 Å². The molecule has 178 valence electrons. The fourth-order valence-electron chi connectivity index (χ4n) is 4.95. The SMILES string of the molecule is COc1ccc([C@@H]2C(c3cccc4ccccc34)C(=O)N2c2cc(OC)c(OC)c(OC)c2)cc1. The van der Waals surface area contributed by atoms with Crippen molar-refractivity contribution in [2.24, 2.45) is 0 Å². The van der Waals surface area contributed by atoms with E-state index >= 15 is 0 Å². The predicted octanol–water partition coefficient (Wildman–Crippen LogP) is 5.75. The van der Waals surface area contributed by atoms with E-state index in [1.54, 1.807) is 33.3 Å². The Balaban J connectivity index is 1.66. The average molecular weight is 470 g/mol. The molecule has 0 bridgehead atoms. The molecule has 1 aliphatic rings. The quantitative estimate of drug-likeness (QED) is 0.323. The van der Waals surface area contributed by atoms with Gasteiger partial charge in [-0.3, -0.25) is 4.79 Å². The number of fused-ring (bicyclic) bond motifs is 1. The van der Waals surface area contributed by atoms with Crippen LogP contribution < -0.4 is 23.8 Å². The highest BCUT2D eigenvalue weighted by Crippen LogP contribution is 2.53. The van der Waals surface area contributed by atoms with Crippen LogP contribution in [0.3, 0.4) is 0 Å². The molecule has 4 aromatic rings. The predicted molar refractivity (Wildman–Crippen MR) is 136 cm³/mol. The molecule has 6 heteroatoms. The molecule has 2 atom stereocenters. The summed E-state index contributed by atoms with van der Waals surface area (Å²) in [5.41, 5.74) is 2.71. The van der Waals surface area contributed by atoms with Gasteiger partial charge in [0, 0.05) is 12.1 Å². The van der Waals surface area contributed by atoms with Crippen molar-refractivity contribution in [1.82, 2.24) is 0 Å². The lowest BCUT2D eigenvalue weighted by Gasteiger charge is -2.48. The van der Waals surface area contributed by atoms with E-state index in [9.17, 15) is 4.79 Å². The second-order valence-electron chi connectivity index (χ2n) is 8.36. The van der Waals surface area contributed by atoms with E-state index in [2.05, 4.69) is 18.2 Å². The minimum Gasteiger partial charge on any atom is -0.497 e. The number of hydrogen-bond donors (Lipinski definition) is 0. The average Bonchev–Trinajstić information content (AvgIpc) is 2.91. The number of β-lactam (4-membered cyclic amide) rings is 1. The van der Waals surface area contributed by atoms with Crippen LogP contribution in [0, 0.1) is 0 Å². The van der Waals surface area contributed by atoms with Crippen molar-refractivity contribution in [3.63, 3.8) is 0 Å². The number of ether oxygens (including phenoxy) is 4. The Bertz CT molecular complexity index is 1350. The van der Waals surface area contributed by atoms with Gasteiger partial charge in [-0.1, -0.05) is 54.6 Å². The normalized spacial score (nSPS) is 17.1. The van der Waals surface area contributed by atoms with Crippen molar-refractivity contribution >= 4 is 22.4 Å². The maximum absolute atomic E-state index is 13.9. The minimum atomic E-state index is -0.339. The number of nitrogens with zero attached hydrogens (tertiary/aromatic N) is 1. The van der Waals surface area contributed by atoms with Crippen LogP contribution in [0.2, 0.25) is 0 Å². The first-order chi connectivity index (χ1) is 17.1. The summed E-state index contributed by atoms with van der Waals surface area (Å²) in [5.74, 6) is 1.91.